The molecule has 0 saturated carbocycles. The average molecular weight is 411 g/mol. The van der Waals surface area contributed by atoms with E-state index in [2.05, 4.69) is 15.8 Å². The molecule has 2 aromatic carbocycles. The molecule has 0 fully saturated rings. The molecular weight excluding hydrogens is 389 g/mol. The van der Waals surface area contributed by atoms with Crippen molar-refractivity contribution in [2.45, 2.75) is 32.9 Å². The Bertz CT molecular complexity index is 1020. The normalized spacial score (nSPS) is 11.6. The highest BCUT2D eigenvalue weighted by molar-refractivity contribution is 6.04. The predicted octanol–water partition coefficient (Wildman–Crippen LogP) is 4.17. The highest BCUT2D eigenvalue weighted by Crippen LogP contribution is 2.18. The zero-order valence-corrected chi connectivity index (χ0v) is 16.6. The molecule has 0 saturated heterocycles. The van der Waals surface area contributed by atoms with Crippen LogP contribution < -0.4 is 15.4 Å². The number of halogens is 1. The highest BCUT2D eigenvalue weighted by Gasteiger charge is 2.15. The van der Waals surface area contributed by atoms with Gasteiger partial charge in [-0.25, -0.2) is 4.39 Å². The number of hydrogen-bond acceptors (Lipinski definition) is 5. The summed E-state index contributed by atoms with van der Waals surface area (Å²) in [4.78, 5) is 24.2. The van der Waals surface area contributed by atoms with Gasteiger partial charge in [-0.1, -0.05) is 24.2 Å². The van der Waals surface area contributed by atoms with E-state index >= 15 is 0 Å². The van der Waals surface area contributed by atoms with E-state index in [0.717, 1.165) is 6.42 Å². The van der Waals surface area contributed by atoms with Gasteiger partial charge in [0.1, 0.15) is 18.2 Å². The summed E-state index contributed by atoms with van der Waals surface area (Å²) in [6.45, 7) is 3.97. The molecule has 156 valence electrons. The van der Waals surface area contributed by atoms with Gasteiger partial charge in [0.05, 0.1) is 5.56 Å². The Labute approximate surface area is 173 Å². The van der Waals surface area contributed by atoms with Gasteiger partial charge in [0, 0.05) is 17.8 Å². The van der Waals surface area contributed by atoms with E-state index in [-0.39, 0.29) is 29.8 Å². The lowest BCUT2D eigenvalue weighted by atomic mass is 10.2. The Morgan fingerprint density at radius 1 is 1.13 bits per heavy atom. The lowest BCUT2D eigenvalue weighted by Crippen LogP contribution is -2.32. The summed E-state index contributed by atoms with van der Waals surface area (Å²) in [6, 6.07) is 13.9. The first-order chi connectivity index (χ1) is 14.5. The number of benzene rings is 2. The highest BCUT2D eigenvalue weighted by atomic mass is 19.1. The molecule has 0 aliphatic carbocycles. The summed E-state index contributed by atoms with van der Waals surface area (Å²) in [5.41, 5.74) is 0.663. The molecule has 2 N–H and O–H groups in total. The molecule has 0 spiro atoms. The van der Waals surface area contributed by atoms with Crippen LogP contribution in [0.1, 0.15) is 46.9 Å². The molecule has 8 heteroatoms. The van der Waals surface area contributed by atoms with E-state index in [0.29, 0.717) is 17.2 Å². The van der Waals surface area contributed by atoms with Gasteiger partial charge in [-0.3, -0.25) is 9.59 Å². The first-order valence-electron chi connectivity index (χ1n) is 9.51. The van der Waals surface area contributed by atoms with Crippen molar-refractivity contribution in [2.24, 2.45) is 0 Å². The van der Waals surface area contributed by atoms with Crippen LogP contribution in [0.3, 0.4) is 0 Å². The maximum atomic E-state index is 13.7. The molecule has 0 aliphatic heterocycles. The van der Waals surface area contributed by atoms with Gasteiger partial charge in [0.15, 0.2) is 11.5 Å². The Morgan fingerprint density at radius 3 is 2.57 bits per heavy atom. The number of rotatable bonds is 8. The van der Waals surface area contributed by atoms with Crippen LogP contribution in [0.25, 0.3) is 0 Å². The first kappa shape index (κ1) is 21.0. The maximum Gasteiger partial charge on any atom is 0.273 e. The van der Waals surface area contributed by atoms with Gasteiger partial charge in [-0.05, 0) is 49.7 Å². The molecule has 0 bridgehead atoms. The van der Waals surface area contributed by atoms with Crippen LogP contribution in [-0.2, 0) is 6.61 Å². The standard InChI is InChI=1S/C22H22FN3O4/c1-3-14(2)24-22(28)20-12-17(30-26-20)13-29-16-10-8-15(9-11-16)25-21(27)18-6-4-5-7-19(18)23/h4-12,14H,3,13H2,1-2H3,(H,24,28)(H,25,27)/t14-/m1/s1. The molecule has 30 heavy (non-hydrogen) atoms. The molecule has 3 aromatic rings. The van der Waals surface area contributed by atoms with Crippen molar-refractivity contribution in [1.82, 2.24) is 10.5 Å². The fourth-order valence-electron chi connectivity index (χ4n) is 2.52. The number of aromatic nitrogens is 1. The van der Waals surface area contributed by atoms with E-state index < -0.39 is 11.7 Å². The van der Waals surface area contributed by atoms with Crippen LogP contribution in [0.2, 0.25) is 0 Å². The van der Waals surface area contributed by atoms with Crippen molar-refractivity contribution >= 4 is 17.5 Å². The second kappa shape index (κ2) is 9.69. The topological polar surface area (TPSA) is 93.5 Å². The largest absolute Gasteiger partial charge is 0.486 e. The maximum absolute atomic E-state index is 13.7. The number of ether oxygens (including phenoxy) is 1. The summed E-state index contributed by atoms with van der Waals surface area (Å²) >= 11 is 0. The van der Waals surface area contributed by atoms with Crippen molar-refractivity contribution in [1.29, 1.82) is 0 Å². The Hall–Kier alpha value is -3.68. The van der Waals surface area contributed by atoms with E-state index in [4.69, 9.17) is 9.26 Å². The second-order valence-electron chi connectivity index (χ2n) is 6.71. The first-order valence-corrected chi connectivity index (χ1v) is 9.51. The summed E-state index contributed by atoms with van der Waals surface area (Å²) < 4.78 is 24.4. The smallest absolute Gasteiger partial charge is 0.273 e. The van der Waals surface area contributed by atoms with Gasteiger partial charge < -0.3 is 19.9 Å². The number of hydrogen-bond donors (Lipinski definition) is 2. The zero-order chi connectivity index (χ0) is 21.5. The fourth-order valence-corrected chi connectivity index (χ4v) is 2.52. The number of nitrogens with zero attached hydrogens (tertiary/aromatic N) is 1. The van der Waals surface area contributed by atoms with Gasteiger partial charge in [0.2, 0.25) is 0 Å². The third-order valence-electron chi connectivity index (χ3n) is 4.39. The summed E-state index contributed by atoms with van der Waals surface area (Å²) in [6.07, 6.45) is 0.816. The molecule has 1 atom stereocenters. The van der Waals surface area contributed by atoms with Gasteiger partial charge in [-0.15, -0.1) is 0 Å². The monoisotopic (exact) mass is 411 g/mol. The molecule has 1 aromatic heterocycles. The minimum absolute atomic E-state index is 0.0312. The summed E-state index contributed by atoms with van der Waals surface area (Å²) in [5, 5.41) is 9.19. The van der Waals surface area contributed by atoms with Crippen molar-refractivity contribution in [3.63, 3.8) is 0 Å². The predicted molar refractivity (Wildman–Crippen MR) is 109 cm³/mol. The summed E-state index contributed by atoms with van der Waals surface area (Å²) in [5.74, 6) is -0.484. The van der Waals surface area contributed by atoms with E-state index in [1.165, 1.54) is 24.3 Å². The van der Waals surface area contributed by atoms with Gasteiger partial charge >= 0.3 is 0 Å². The van der Waals surface area contributed by atoms with Crippen LogP contribution in [0.15, 0.2) is 59.1 Å². The third kappa shape index (κ3) is 5.44. The average Bonchev–Trinajstić information content (AvgIpc) is 3.22. The SMILES string of the molecule is CC[C@@H](C)NC(=O)c1cc(COc2ccc(NC(=O)c3ccccc3F)cc2)on1. The van der Waals surface area contributed by atoms with Crippen LogP contribution in [0.4, 0.5) is 10.1 Å². The summed E-state index contributed by atoms with van der Waals surface area (Å²) in [7, 11) is 0. The fraction of sp³-hybridized carbons (Fsp3) is 0.227. The van der Waals surface area contributed by atoms with Crippen LogP contribution in [0.5, 0.6) is 5.75 Å². The molecule has 3 rings (SSSR count). The minimum atomic E-state index is -0.584. The lowest BCUT2D eigenvalue weighted by molar-refractivity contribution is 0.0929. The van der Waals surface area contributed by atoms with Crippen molar-refractivity contribution in [2.75, 3.05) is 5.32 Å². The molecule has 2 amide bonds. The molecule has 0 radical (unpaired) electrons. The quantitative estimate of drug-likeness (QED) is 0.580. The Kier molecular flexibility index (Phi) is 6.79. The minimum Gasteiger partial charge on any atom is -0.486 e. The second-order valence-corrected chi connectivity index (χ2v) is 6.71. The molecule has 1 heterocycles. The number of carbonyl (C=O) groups excluding carboxylic acids is 2. The third-order valence-corrected chi connectivity index (χ3v) is 4.39. The molecular formula is C22H22FN3O4. The Balaban J connectivity index is 1.53. The van der Waals surface area contributed by atoms with Crippen LogP contribution in [0, 0.1) is 5.82 Å². The van der Waals surface area contributed by atoms with Crippen molar-refractivity contribution in [3.05, 3.63) is 77.4 Å². The van der Waals surface area contributed by atoms with E-state index in [9.17, 15) is 14.0 Å². The van der Waals surface area contributed by atoms with Crippen molar-refractivity contribution < 1.29 is 23.2 Å². The Morgan fingerprint density at radius 2 is 1.87 bits per heavy atom. The van der Waals surface area contributed by atoms with E-state index in [1.54, 1.807) is 30.3 Å². The molecule has 7 nitrogen and oxygen atoms in total. The number of carbonyl (C=O) groups is 2. The van der Waals surface area contributed by atoms with Gasteiger partial charge in [0.25, 0.3) is 11.8 Å². The number of nitrogens with one attached hydrogen (secondary N) is 2. The number of anilines is 1. The molecule has 0 unspecified atom stereocenters. The van der Waals surface area contributed by atoms with Crippen molar-refractivity contribution in [3.8, 4) is 5.75 Å². The van der Waals surface area contributed by atoms with Gasteiger partial charge in [-0.2, -0.15) is 0 Å². The van der Waals surface area contributed by atoms with Crippen LogP contribution in [-0.4, -0.2) is 23.0 Å². The van der Waals surface area contributed by atoms with Crippen LogP contribution >= 0.6 is 0 Å². The van der Waals surface area contributed by atoms with E-state index in [1.807, 2.05) is 13.8 Å². The zero-order valence-electron chi connectivity index (χ0n) is 16.6. The lowest BCUT2D eigenvalue weighted by Gasteiger charge is -2.08. The molecule has 0 aliphatic rings. The number of amides is 2.